The molecule has 0 bridgehead atoms. The fourth-order valence-corrected chi connectivity index (χ4v) is 2.36. The summed E-state index contributed by atoms with van der Waals surface area (Å²) in [7, 11) is 0. The van der Waals surface area contributed by atoms with Gasteiger partial charge in [-0.3, -0.25) is 4.99 Å². The van der Waals surface area contributed by atoms with Crippen LogP contribution in [0.1, 0.15) is 19.5 Å². The molecule has 0 saturated heterocycles. The van der Waals surface area contributed by atoms with Gasteiger partial charge in [-0.15, -0.1) is 0 Å². The normalized spacial score (nSPS) is 21.2. The maximum Gasteiger partial charge on any atom is 0.169 e. The first-order chi connectivity index (χ1) is 9.67. The molecule has 1 aliphatic rings. The molecule has 3 heteroatoms. The van der Waals surface area contributed by atoms with Gasteiger partial charge in [0.1, 0.15) is 0 Å². The third-order valence-electron chi connectivity index (χ3n) is 3.42. The minimum Gasteiger partial charge on any atom is -0.360 e. The average molecular weight is 263 g/mol. The lowest BCUT2D eigenvalue weighted by Crippen LogP contribution is -2.39. The van der Waals surface area contributed by atoms with E-state index in [1.807, 2.05) is 62.5 Å². The number of hydrogen-bond donors (Lipinski definition) is 1. The Kier molecular flexibility index (Phi) is 3.11. The molecule has 1 unspecified atom stereocenters. The highest BCUT2D eigenvalue weighted by atomic mass is 15.2. The van der Waals surface area contributed by atoms with Crippen molar-refractivity contribution in [1.29, 1.82) is 0 Å². The van der Waals surface area contributed by atoms with E-state index in [4.69, 9.17) is 4.98 Å². The Bertz CT molecular complexity index is 674. The summed E-state index contributed by atoms with van der Waals surface area (Å²) in [6, 6.07) is 16.3. The van der Waals surface area contributed by atoms with Crippen LogP contribution in [0.3, 0.4) is 0 Å². The maximum absolute atomic E-state index is 4.77. The molecule has 20 heavy (non-hydrogen) atoms. The summed E-state index contributed by atoms with van der Waals surface area (Å²) < 4.78 is 0. The van der Waals surface area contributed by atoms with Crippen molar-refractivity contribution in [2.24, 2.45) is 4.99 Å². The van der Waals surface area contributed by atoms with Crippen molar-refractivity contribution in [3.8, 4) is 11.3 Å². The monoisotopic (exact) mass is 263 g/mol. The zero-order chi connectivity index (χ0) is 14.0. The highest BCUT2D eigenvalue weighted by Gasteiger charge is 2.28. The first kappa shape index (κ1) is 12.6. The molecule has 0 saturated carbocycles. The number of hydrogen-bond acceptors (Lipinski definition) is 3. The van der Waals surface area contributed by atoms with E-state index in [2.05, 4.69) is 22.4 Å². The van der Waals surface area contributed by atoms with Gasteiger partial charge in [0.15, 0.2) is 5.66 Å². The summed E-state index contributed by atoms with van der Waals surface area (Å²) in [6.07, 6.45) is 3.80. The van der Waals surface area contributed by atoms with Gasteiger partial charge in [-0.1, -0.05) is 36.4 Å². The standard InChI is InChI=1S/C17H17N3/c1-13-11-12-18-17(2,20-13)16-10-6-9-15(19-16)14-7-4-3-5-8-14/h3-12,20H,1-2H3. The smallest absolute Gasteiger partial charge is 0.169 e. The van der Waals surface area contributed by atoms with Gasteiger partial charge in [-0.05, 0) is 32.1 Å². The highest BCUT2D eigenvalue weighted by molar-refractivity contribution is 5.73. The Labute approximate surface area is 119 Å². The van der Waals surface area contributed by atoms with Gasteiger partial charge in [0.05, 0.1) is 11.4 Å². The predicted molar refractivity (Wildman–Crippen MR) is 82.4 cm³/mol. The first-order valence-electron chi connectivity index (χ1n) is 6.71. The topological polar surface area (TPSA) is 37.3 Å². The van der Waals surface area contributed by atoms with Gasteiger partial charge in [-0.2, -0.15) is 0 Å². The minimum absolute atomic E-state index is 0.496. The third kappa shape index (κ3) is 2.35. The Morgan fingerprint density at radius 3 is 2.55 bits per heavy atom. The number of pyridine rings is 1. The molecule has 2 aromatic rings. The second-order valence-corrected chi connectivity index (χ2v) is 5.10. The molecule has 1 N–H and O–H groups in total. The molecule has 0 aliphatic carbocycles. The molecule has 1 aromatic heterocycles. The van der Waals surface area contributed by atoms with E-state index < -0.39 is 5.66 Å². The van der Waals surface area contributed by atoms with Crippen molar-refractivity contribution in [3.63, 3.8) is 0 Å². The van der Waals surface area contributed by atoms with Gasteiger partial charge in [0.25, 0.3) is 0 Å². The van der Waals surface area contributed by atoms with Crippen LogP contribution in [0.15, 0.2) is 65.3 Å². The molecule has 2 heterocycles. The van der Waals surface area contributed by atoms with Gasteiger partial charge in [0.2, 0.25) is 0 Å². The second kappa shape index (κ2) is 4.93. The molecule has 0 radical (unpaired) electrons. The number of allylic oxidation sites excluding steroid dienone is 2. The molecule has 1 aliphatic heterocycles. The lowest BCUT2D eigenvalue weighted by Gasteiger charge is -2.30. The zero-order valence-corrected chi connectivity index (χ0v) is 11.7. The van der Waals surface area contributed by atoms with E-state index in [1.165, 1.54) is 0 Å². The first-order valence-corrected chi connectivity index (χ1v) is 6.71. The van der Waals surface area contributed by atoms with Crippen molar-refractivity contribution in [1.82, 2.24) is 10.3 Å². The fourth-order valence-electron chi connectivity index (χ4n) is 2.36. The summed E-state index contributed by atoms with van der Waals surface area (Å²) in [6.45, 7) is 4.07. The van der Waals surface area contributed by atoms with Crippen molar-refractivity contribution >= 4 is 6.21 Å². The summed E-state index contributed by atoms with van der Waals surface area (Å²) in [4.78, 5) is 9.31. The molecule has 1 atom stereocenters. The van der Waals surface area contributed by atoms with Crippen LogP contribution in [0.25, 0.3) is 11.3 Å². The third-order valence-corrected chi connectivity index (χ3v) is 3.42. The molecule has 0 spiro atoms. The number of nitrogens with zero attached hydrogens (tertiary/aromatic N) is 2. The van der Waals surface area contributed by atoms with Crippen molar-refractivity contribution < 1.29 is 0 Å². The molecule has 1 aromatic carbocycles. The molecule has 100 valence electrons. The van der Waals surface area contributed by atoms with Gasteiger partial charge >= 0.3 is 0 Å². The van der Waals surface area contributed by atoms with Crippen molar-refractivity contribution in [2.45, 2.75) is 19.5 Å². The fraction of sp³-hybridized carbons (Fsp3) is 0.176. The molecular formula is C17H17N3. The summed E-state index contributed by atoms with van der Waals surface area (Å²) in [5.41, 5.74) is 3.60. The number of aromatic nitrogens is 1. The Morgan fingerprint density at radius 2 is 1.80 bits per heavy atom. The van der Waals surface area contributed by atoms with Crippen LogP contribution in [0.5, 0.6) is 0 Å². The van der Waals surface area contributed by atoms with Crippen molar-refractivity contribution in [3.05, 3.63) is 66.0 Å². The van der Waals surface area contributed by atoms with E-state index in [9.17, 15) is 0 Å². The van der Waals surface area contributed by atoms with Crippen LogP contribution in [0.4, 0.5) is 0 Å². The van der Waals surface area contributed by atoms with E-state index in [0.29, 0.717) is 0 Å². The number of nitrogens with one attached hydrogen (secondary N) is 1. The zero-order valence-electron chi connectivity index (χ0n) is 11.7. The maximum atomic E-state index is 4.77. The lowest BCUT2D eigenvalue weighted by atomic mass is 10.0. The van der Waals surface area contributed by atoms with Crippen LogP contribution in [0.2, 0.25) is 0 Å². The van der Waals surface area contributed by atoms with E-state index in [0.717, 1.165) is 22.6 Å². The van der Waals surface area contributed by atoms with Gasteiger partial charge < -0.3 is 5.32 Å². The van der Waals surface area contributed by atoms with E-state index >= 15 is 0 Å². The van der Waals surface area contributed by atoms with Gasteiger partial charge in [0, 0.05) is 17.5 Å². The highest BCUT2D eigenvalue weighted by Crippen LogP contribution is 2.26. The van der Waals surface area contributed by atoms with Crippen LogP contribution in [0, 0.1) is 0 Å². The second-order valence-electron chi connectivity index (χ2n) is 5.10. The largest absolute Gasteiger partial charge is 0.360 e. The average Bonchev–Trinajstić information content (AvgIpc) is 2.48. The number of rotatable bonds is 2. The minimum atomic E-state index is -0.496. The van der Waals surface area contributed by atoms with Crippen LogP contribution in [-0.2, 0) is 5.66 Å². The summed E-state index contributed by atoms with van der Waals surface area (Å²) in [5, 5.41) is 3.39. The molecule has 3 nitrogen and oxygen atoms in total. The predicted octanol–water partition coefficient (Wildman–Crippen LogP) is 3.50. The quantitative estimate of drug-likeness (QED) is 0.900. The van der Waals surface area contributed by atoms with Crippen LogP contribution in [-0.4, -0.2) is 11.2 Å². The molecule has 0 fully saturated rings. The van der Waals surface area contributed by atoms with Crippen LogP contribution < -0.4 is 5.32 Å². The summed E-state index contributed by atoms with van der Waals surface area (Å²) in [5.74, 6) is 0. The summed E-state index contributed by atoms with van der Waals surface area (Å²) >= 11 is 0. The molecular weight excluding hydrogens is 246 g/mol. The number of benzene rings is 1. The van der Waals surface area contributed by atoms with E-state index in [1.54, 1.807) is 0 Å². The SMILES string of the molecule is CC1=CC=NC(C)(c2cccc(-c3ccccc3)n2)N1. The Balaban J connectivity index is 2.00. The van der Waals surface area contributed by atoms with Gasteiger partial charge in [-0.25, -0.2) is 4.98 Å². The lowest BCUT2D eigenvalue weighted by molar-refractivity contribution is 0.411. The number of aliphatic imine (C=N–C) groups is 1. The van der Waals surface area contributed by atoms with Crippen LogP contribution >= 0.6 is 0 Å². The van der Waals surface area contributed by atoms with Crippen molar-refractivity contribution in [2.75, 3.05) is 0 Å². The Hall–Kier alpha value is -2.42. The van der Waals surface area contributed by atoms with E-state index in [-0.39, 0.29) is 0 Å². The molecule has 0 amide bonds. The molecule has 3 rings (SSSR count). The Morgan fingerprint density at radius 1 is 1.00 bits per heavy atom.